The molecule has 0 saturated carbocycles. The molecule has 1 fully saturated rings. The molecule has 2 aromatic rings. The third-order valence-corrected chi connectivity index (χ3v) is 5.31. The van der Waals surface area contributed by atoms with Crippen LogP contribution in [0.1, 0.15) is 48.1 Å². The van der Waals surface area contributed by atoms with Gasteiger partial charge in [0, 0.05) is 31.5 Å². The molecule has 27 heavy (non-hydrogen) atoms. The molecule has 1 aliphatic heterocycles. The molecule has 5 nitrogen and oxygen atoms in total. The molecule has 5 heteroatoms. The van der Waals surface area contributed by atoms with E-state index in [1.54, 1.807) is 11.1 Å². The molecular weight excluding hydrogens is 338 g/mol. The summed E-state index contributed by atoms with van der Waals surface area (Å²) in [5, 5.41) is 3.81. The Morgan fingerprint density at radius 3 is 2.63 bits per heavy atom. The lowest BCUT2D eigenvalue weighted by molar-refractivity contribution is 0.0945. The van der Waals surface area contributed by atoms with Gasteiger partial charge in [0.1, 0.15) is 0 Å². The van der Waals surface area contributed by atoms with Crippen LogP contribution < -0.4 is 5.32 Å². The molecule has 0 bridgehead atoms. The highest BCUT2D eigenvalue weighted by molar-refractivity contribution is 5.67. The van der Waals surface area contributed by atoms with Crippen LogP contribution in [0.5, 0.6) is 0 Å². The van der Waals surface area contributed by atoms with Crippen molar-refractivity contribution in [3.63, 3.8) is 0 Å². The van der Waals surface area contributed by atoms with Crippen LogP contribution in [0.4, 0.5) is 4.79 Å². The van der Waals surface area contributed by atoms with Gasteiger partial charge in [0.25, 0.3) is 0 Å². The van der Waals surface area contributed by atoms with Gasteiger partial charge >= 0.3 is 6.09 Å². The Labute approximate surface area is 161 Å². The number of nitrogens with one attached hydrogen (secondary N) is 1. The molecule has 1 aromatic heterocycles. The highest BCUT2D eigenvalue weighted by atomic mass is 16.6. The molecule has 0 radical (unpaired) electrons. The number of hydrogen-bond donors (Lipinski definition) is 1. The maximum Gasteiger partial charge on any atom is 0.409 e. The van der Waals surface area contributed by atoms with Crippen molar-refractivity contribution in [1.29, 1.82) is 0 Å². The van der Waals surface area contributed by atoms with Crippen LogP contribution in [-0.4, -0.2) is 41.7 Å². The average molecular weight is 367 g/mol. The number of aryl methyl sites for hydroxylation is 2. The summed E-state index contributed by atoms with van der Waals surface area (Å²) in [5.41, 5.74) is 5.00. The van der Waals surface area contributed by atoms with Crippen molar-refractivity contribution >= 4 is 6.09 Å². The lowest BCUT2D eigenvalue weighted by atomic mass is 9.94. The van der Waals surface area contributed by atoms with E-state index in [0.717, 1.165) is 31.5 Å². The van der Waals surface area contributed by atoms with E-state index < -0.39 is 0 Å². The van der Waals surface area contributed by atoms with Crippen LogP contribution in [-0.2, 0) is 4.74 Å². The Kier molecular flexibility index (Phi) is 6.45. The van der Waals surface area contributed by atoms with E-state index in [-0.39, 0.29) is 12.1 Å². The molecule has 0 unspecified atom stereocenters. The minimum Gasteiger partial charge on any atom is -0.450 e. The van der Waals surface area contributed by atoms with Crippen molar-refractivity contribution in [3.8, 4) is 0 Å². The van der Waals surface area contributed by atoms with Gasteiger partial charge in [-0.05, 0) is 61.9 Å². The predicted octanol–water partition coefficient (Wildman–Crippen LogP) is 4.00. The number of nitrogens with zero attached hydrogens (tertiary/aromatic N) is 2. The van der Waals surface area contributed by atoms with Crippen LogP contribution in [0, 0.1) is 13.8 Å². The number of benzene rings is 1. The number of amides is 1. The Bertz CT molecular complexity index is 755. The van der Waals surface area contributed by atoms with Gasteiger partial charge in [-0.15, -0.1) is 0 Å². The summed E-state index contributed by atoms with van der Waals surface area (Å²) in [6.07, 6.45) is 5.37. The first-order valence-corrected chi connectivity index (χ1v) is 9.73. The predicted molar refractivity (Wildman–Crippen MR) is 107 cm³/mol. The van der Waals surface area contributed by atoms with E-state index in [1.165, 1.54) is 16.7 Å². The molecule has 1 aliphatic rings. The number of hydrogen-bond acceptors (Lipinski definition) is 4. The summed E-state index contributed by atoms with van der Waals surface area (Å²) in [5.74, 6) is 0. The summed E-state index contributed by atoms with van der Waals surface area (Å²) < 4.78 is 5.12. The van der Waals surface area contributed by atoms with E-state index in [9.17, 15) is 4.79 Å². The molecule has 144 valence electrons. The largest absolute Gasteiger partial charge is 0.450 e. The highest BCUT2D eigenvalue weighted by Gasteiger charge is 2.26. The SMILES string of the molecule is CCOC(=O)N1CCC(N[C@@H](c2cccnc2)c2ccc(C)c(C)c2)CC1. The van der Waals surface area contributed by atoms with Gasteiger partial charge in [-0.3, -0.25) is 4.98 Å². The lowest BCUT2D eigenvalue weighted by Gasteiger charge is -2.34. The van der Waals surface area contributed by atoms with E-state index in [4.69, 9.17) is 4.74 Å². The van der Waals surface area contributed by atoms with Gasteiger partial charge in [0.15, 0.2) is 0 Å². The summed E-state index contributed by atoms with van der Waals surface area (Å²) in [6, 6.07) is 11.2. The van der Waals surface area contributed by atoms with E-state index in [2.05, 4.69) is 48.4 Å². The average Bonchev–Trinajstić information content (AvgIpc) is 2.70. The first-order valence-electron chi connectivity index (χ1n) is 9.73. The molecular formula is C22H29N3O2. The standard InChI is InChI=1S/C22H29N3O2/c1-4-27-22(26)25-12-9-20(10-13-25)24-21(19-6-5-11-23-15-19)18-8-7-16(2)17(3)14-18/h5-8,11,14-15,20-21,24H,4,9-10,12-13H2,1-3H3/t21-/m1/s1. The Hall–Kier alpha value is -2.40. The fraction of sp³-hybridized carbons (Fsp3) is 0.455. The van der Waals surface area contributed by atoms with Crippen LogP contribution in [0.25, 0.3) is 0 Å². The zero-order chi connectivity index (χ0) is 19.2. The number of carbonyl (C=O) groups is 1. The first kappa shape index (κ1) is 19.4. The zero-order valence-corrected chi connectivity index (χ0v) is 16.4. The third kappa shape index (κ3) is 4.86. The monoisotopic (exact) mass is 367 g/mol. The third-order valence-electron chi connectivity index (χ3n) is 5.31. The maximum atomic E-state index is 11.9. The van der Waals surface area contributed by atoms with Gasteiger partial charge in [0.2, 0.25) is 0 Å². The molecule has 0 spiro atoms. The maximum absolute atomic E-state index is 11.9. The Balaban J connectivity index is 1.73. The second-order valence-electron chi connectivity index (χ2n) is 7.19. The van der Waals surface area contributed by atoms with Gasteiger partial charge in [0.05, 0.1) is 12.6 Å². The Morgan fingerprint density at radius 1 is 1.22 bits per heavy atom. The van der Waals surface area contributed by atoms with E-state index in [0.29, 0.717) is 12.6 Å². The second kappa shape index (κ2) is 9.00. The molecule has 1 aromatic carbocycles. The second-order valence-corrected chi connectivity index (χ2v) is 7.19. The quantitative estimate of drug-likeness (QED) is 0.868. The molecule has 2 heterocycles. The first-order chi connectivity index (χ1) is 13.1. The van der Waals surface area contributed by atoms with Crippen LogP contribution in [0.2, 0.25) is 0 Å². The van der Waals surface area contributed by atoms with Crippen LogP contribution in [0.15, 0.2) is 42.7 Å². The fourth-order valence-electron chi connectivity index (χ4n) is 3.55. The highest BCUT2D eigenvalue weighted by Crippen LogP contribution is 2.26. The number of ether oxygens (including phenoxy) is 1. The minimum absolute atomic E-state index is 0.0946. The zero-order valence-electron chi connectivity index (χ0n) is 16.4. The number of pyridine rings is 1. The number of piperidine rings is 1. The Morgan fingerprint density at radius 2 is 2.00 bits per heavy atom. The molecule has 1 amide bonds. The van der Waals surface area contributed by atoms with E-state index in [1.807, 2.05) is 19.2 Å². The minimum atomic E-state index is -0.200. The number of rotatable bonds is 5. The summed E-state index contributed by atoms with van der Waals surface area (Å²) in [6.45, 7) is 8.00. The van der Waals surface area contributed by atoms with Crippen LogP contribution >= 0.6 is 0 Å². The number of carbonyl (C=O) groups excluding carboxylic acids is 1. The van der Waals surface area contributed by atoms with Gasteiger partial charge in [-0.25, -0.2) is 4.79 Å². The van der Waals surface area contributed by atoms with Crippen molar-refractivity contribution in [2.24, 2.45) is 0 Å². The number of aromatic nitrogens is 1. The lowest BCUT2D eigenvalue weighted by Crippen LogP contribution is -2.46. The van der Waals surface area contributed by atoms with Crippen LogP contribution in [0.3, 0.4) is 0 Å². The summed E-state index contributed by atoms with van der Waals surface area (Å²) >= 11 is 0. The smallest absolute Gasteiger partial charge is 0.409 e. The molecule has 1 atom stereocenters. The van der Waals surface area contributed by atoms with Gasteiger partial charge < -0.3 is 15.0 Å². The van der Waals surface area contributed by atoms with Crippen molar-refractivity contribution in [2.75, 3.05) is 19.7 Å². The van der Waals surface area contributed by atoms with Gasteiger partial charge in [-0.2, -0.15) is 0 Å². The van der Waals surface area contributed by atoms with Crippen molar-refractivity contribution in [3.05, 3.63) is 65.0 Å². The normalized spacial score (nSPS) is 16.2. The molecule has 1 N–H and O–H groups in total. The molecule has 1 saturated heterocycles. The molecule has 0 aliphatic carbocycles. The molecule has 3 rings (SSSR count). The summed E-state index contributed by atoms with van der Waals surface area (Å²) in [7, 11) is 0. The van der Waals surface area contributed by atoms with E-state index >= 15 is 0 Å². The fourth-order valence-corrected chi connectivity index (χ4v) is 3.55. The topological polar surface area (TPSA) is 54.5 Å². The van der Waals surface area contributed by atoms with Crippen molar-refractivity contribution in [1.82, 2.24) is 15.2 Å². The number of likely N-dealkylation sites (tertiary alicyclic amines) is 1. The van der Waals surface area contributed by atoms with Crippen molar-refractivity contribution in [2.45, 2.75) is 45.7 Å². The van der Waals surface area contributed by atoms with Gasteiger partial charge in [-0.1, -0.05) is 24.3 Å². The summed E-state index contributed by atoms with van der Waals surface area (Å²) in [4.78, 5) is 18.0. The van der Waals surface area contributed by atoms with Crippen molar-refractivity contribution < 1.29 is 9.53 Å².